The molecule has 0 bridgehead atoms. The number of rotatable bonds is 3. The second kappa shape index (κ2) is 4.28. The fourth-order valence-electron chi connectivity index (χ4n) is 1.05. The monoisotopic (exact) mass is 189 g/mol. The van der Waals surface area contributed by atoms with Crippen molar-refractivity contribution in [3.8, 4) is 0 Å². The van der Waals surface area contributed by atoms with Crippen molar-refractivity contribution in [2.24, 2.45) is 11.5 Å². The molecular weight excluding hydrogens is 174 g/mol. The van der Waals surface area contributed by atoms with Crippen molar-refractivity contribution in [1.29, 1.82) is 0 Å². The second-order valence-corrected chi connectivity index (χ2v) is 2.66. The van der Waals surface area contributed by atoms with Gasteiger partial charge < -0.3 is 32.3 Å². The molecule has 1 heterocycles. The predicted molar refractivity (Wildman–Crippen MR) is 46.6 cm³/mol. The summed E-state index contributed by atoms with van der Waals surface area (Å²) in [5, 5.41) is 26.2. The SMILES string of the molecule is NCCNC1=C(N)NC(O)NC1O. The summed E-state index contributed by atoms with van der Waals surface area (Å²) in [6, 6.07) is 0. The Balaban J connectivity index is 2.61. The Morgan fingerprint density at radius 2 is 2.15 bits per heavy atom. The molecule has 0 spiro atoms. The van der Waals surface area contributed by atoms with Crippen molar-refractivity contribution in [1.82, 2.24) is 16.0 Å². The average Bonchev–Trinajstić information content (AvgIpc) is 2.02. The Morgan fingerprint density at radius 1 is 1.46 bits per heavy atom. The second-order valence-electron chi connectivity index (χ2n) is 2.66. The van der Waals surface area contributed by atoms with Crippen LogP contribution in [0.4, 0.5) is 0 Å². The summed E-state index contributed by atoms with van der Waals surface area (Å²) >= 11 is 0. The Labute approximate surface area is 75.8 Å². The van der Waals surface area contributed by atoms with Gasteiger partial charge in [-0.25, -0.2) is 5.32 Å². The number of aliphatic hydroxyl groups is 2. The molecule has 0 aliphatic carbocycles. The standard InChI is InChI=1S/C6H15N5O2/c7-1-2-9-3-4(8)10-6(13)11-5(3)12/h5-6,9-13H,1-2,7-8H2. The van der Waals surface area contributed by atoms with Crippen LogP contribution in [0.5, 0.6) is 0 Å². The van der Waals surface area contributed by atoms with E-state index in [2.05, 4.69) is 16.0 Å². The van der Waals surface area contributed by atoms with E-state index in [-0.39, 0.29) is 5.82 Å². The summed E-state index contributed by atoms with van der Waals surface area (Å²) in [6.45, 7) is 0.943. The fraction of sp³-hybridized carbons (Fsp3) is 0.667. The van der Waals surface area contributed by atoms with Crippen LogP contribution >= 0.6 is 0 Å². The molecule has 9 N–H and O–H groups in total. The number of hydrogen-bond acceptors (Lipinski definition) is 7. The third-order valence-corrected chi connectivity index (χ3v) is 1.63. The molecule has 76 valence electrons. The van der Waals surface area contributed by atoms with E-state index in [9.17, 15) is 5.11 Å². The molecule has 0 aromatic rings. The van der Waals surface area contributed by atoms with Crippen molar-refractivity contribution in [2.75, 3.05) is 13.1 Å². The van der Waals surface area contributed by atoms with Crippen LogP contribution in [0, 0.1) is 0 Å². The van der Waals surface area contributed by atoms with Crippen molar-refractivity contribution in [3.63, 3.8) is 0 Å². The molecule has 1 aliphatic heterocycles. The molecule has 13 heavy (non-hydrogen) atoms. The minimum atomic E-state index is -1.03. The largest absolute Gasteiger partial charge is 0.384 e. The highest BCUT2D eigenvalue weighted by atomic mass is 16.3. The highest BCUT2D eigenvalue weighted by Crippen LogP contribution is 2.03. The summed E-state index contributed by atoms with van der Waals surface area (Å²) in [5.41, 5.74) is 11.2. The molecule has 1 rings (SSSR count). The van der Waals surface area contributed by atoms with Gasteiger partial charge in [0.15, 0.2) is 12.6 Å². The number of nitrogens with one attached hydrogen (secondary N) is 3. The lowest BCUT2D eigenvalue weighted by Gasteiger charge is -2.29. The number of aliphatic hydroxyl groups excluding tert-OH is 2. The lowest BCUT2D eigenvalue weighted by atomic mass is 10.3. The molecule has 1 aliphatic rings. The molecule has 2 atom stereocenters. The van der Waals surface area contributed by atoms with Crippen molar-refractivity contribution in [2.45, 2.75) is 12.6 Å². The van der Waals surface area contributed by atoms with E-state index in [1.165, 1.54) is 0 Å². The number of nitrogens with two attached hydrogens (primary N) is 2. The molecule has 7 heteroatoms. The highest BCUT2D eigenvalue weighted by molar-refractivity contribution is 5.15. The fourth-order valence-corrected chi connectivity index (χ4v) is 1.05. The van der Waals surface area contributed by atoms with Crippen LogP contribution in [0.1, 0.15) is 0 Å². The zero-order valence-electron chi connectivity index (χ0n) is 7.12. The van der Waals surface area contributed by atoms with Gasteiger partial charge in [-0.2, -0.15) is 0 Å². The van der Waals surface area contributed by atoms with Crippen LogP contribution in [0.2, 0.25) is 0 Å². The Bertz CT molecular complexity index is 207. The van der Waals surface area contributed by atoms with Crippen LogP contribution in [-0.4, -0.2) is 35.9 Å². The van der Waals surface area contributed by atoms with Gasteiger partial charge in [0, 0.05) is 13.1 Å². The lowest BCUT2D eigenvalue weighted by Crippen LogP contribution is -2.57. The Morgan fingerprint density at radius 3 is 2.69 bits per heavy atom. The topological polar surface area (TPSA) is 129 Å². The van der Waals surface area contributed by atoms with Crippen molar-refractivity contribution in [3.05, 3.63) is 11.5 Å². The van der Waals surface area contributed by atoms with Gasteiger partial charge in [-0.05, 0) is 0 Å². The first-order valence-electron chi connectivity index (χ1n) is 3.97. The van der Waals surface area contributed by atoms with E-state index < -0.39 is 12.6 Å². The van der Waals surface area contributed by atoms with E-state index >= 15 is 0 Å². The van der Waals surface area contributed by atoms with E-state index in [0.29, 0.717) is 18.8 Å². The van der Waals surface area contributed by atoms with E-state index in [4.69, 9.17) is 16.6 Å². The minimum Gasteiger partial charge on any atom is -0.384 e. The smallest absolute Gasteiger partial charge is 0.184 e. The first-order valence-corrected chi connectivity index (χ1v) is 3.97. The van der Waals surface area contributed by atoms with Gasteiger partial charge in [0.25, 0.3) is 0 Å². The van der Waals surface area contributed by atoms with Crippen molar-refractivity contribution < 1.29 is 10.2 Å². The van der Waals surface area contributed by atoms with Gasteiger partial charge >= 0.3 is 0 Å². The molecule has 7 nitrogen and oxygen atoms in total. The van der Waals surface area contributed by atoms with E-state index in [1.807, 2.05) is 0 Å². The predicted octanol–water partition coefficient (Wildman–Crippen LogP) is -3.55. The molecule has 0 saturated heterocycles. The van der Waals surface area contributed by atoms with Gasteiger partial charge in [0.1, 0.15) is 5.82 Å². The van der Waals surface area contributed by atoms with E-state index in [0.717, 1.165) is 0 Å². The lowest BCUT2D eigenvalue weighted by molar-refractivity contribution is 0.0279. The Hall–Kier alpha value is -1.02. The van der Waals surface area contributed by atoms with Gasteiger partial charge in [-0.3, -0.25) is 0 Å². The van der Waals surface area contributed by atoms with Gasteiger partial charge in [-0.15, -0.1) is 0 Å². The van der Waals surface area contributed by atoms with Gasteiger partial charge in [0.05, 0.1) is 5.70 Å². The zero-order valence-corrected chi connectivity index (χ0v) is 7.12. The maximum Gasteiger partial charge on any atom is 0.184 e. The van der Waals surface area contributed by atoms with Gasteiger partial charge in [-0.1, -0.05) is 0 Å². The first kappa shape index (κ1) is 10.1. The average molecular weight is 189 g/mol. The zero-order chi connectivity index (χ0) is 9.84. The Kier molecular flexibility index (Phi) is 3.32. The van der Waals surface area contributed by atoms with Crippen LogP contribution in [0.15, 0.2) is 11.5 Å². The quantitative estimate of drug-likeness (QED) is 0.245. The van der Waals surface area contributed by atoms with Crippen LogP contribution in [0.3, 0.4) is 0 Å². The molecule has 0 aromatic carbocycles. The summed E-state index contributed by atoms with van der Waals surface area (Å²) in [4.78, 5) is 0. The normalized spacial score (nSPS) is 28.5. The summed E-state index contributed by atoms with van der Waals surface area (Å²) in [5.74, 6) is 0.215. The molecule has 2 unspecified atom stereocenters. The first-order chi connectivity index (χ1) is 6.15. The maximum atomic E-state index is 9.38. The molecule has 0 saturated carbocycles. The van der Waals surface area contributed by atoms with Crippen LogP contribution in [-0.2, 0) is 0 Å². The molecule has 0 aromatic heterocycles. The minimum absolute atomic E-state index is 0.215. The third-order valence-electron chi connectivity index (χ3n) is 1.63. The van der Waals surface area contributed by atoms with Gasteiger partial charge in [0.2, 0.25) is 0 Å². The molecule has 0 fully saturated rings. The summed E-state index contributed by atoms with van der Waals surface area (Å²) in [6.07, 6.45) is -2.03. The summed E-state index contributed by atoms with van der Waals surface area (Å²) < 4.78 is 0. The molecule has 0 amide bonds. The molecule has 0 radical (unpaired) electrons. The van der Waals surface area contributed by atoms with Crippen LogP contribution in [0.25, 0.3) is 0 Å². The highest BCUT2D eigenvalue weighted by Gasteiger charge is 2.23. The van der Waals surface area contributed by atoms with E-state index in [1.54, 1.807) is 0 Å². The summed E-state index contributed by atoms with van der Waals surface area (Å²) in [7, 11) is 0. The third kappa shape index (κ3) is 2.46. The number of hydrogen-bond donors (Lipinski definition) is 7. The van der Waals surface area contributed by atoms with Crippen LogP contribution < -0.4 is 27.4 Å². The maximum absolute atomic E-state index is 9.38. The van der Waals surface area contributed by atoms with Crippen molar-refractivity contribution >= 4 is 0 Å². The molecular formula is C6H15N5O2.